The Hall–Kier alpha value is -1.56. The highest BCUT2D eigenvalue weighted by Gasteiger charge is 2.34. The summed E-state index contributed by atoms with van der Waals surface area (Å²) in [6.45, 7) is 0.884. The Labute approximate surface area is 105 Å². The molecule has 6 heteroatoms. The van der Waals surface area contributed by atoms with E-state index in [0.717, 1.165) is 24.2 Å². The summed E-state index contributed by atoms with van der Waals surface area (Å²) in [5.41, 5.74) is 2.99. The Morgan fingerprint density at radius 1 is 1.28 bits per heavy atom. The van der Waals surface area contributed by atoms with Gasteiger partial charge >= 0.3 is 6.18 Å². The average molecular weight is 270 g/mol. The van der Waals surface area contributed by atoms with Gasteiger partial charge in [0, 0.05) is 18.4 Å². The third kappa shape index (κ3) is 1.96. The van der Waals surface area contributed by atoms with E-state index in [2.05, 4.69) is 10.3 Å². The zero-order valence-electron chi connectivity index (χ0n) is 9.21. The minimum atomic E-state index is -4.36. The number of alkyl halides is 3. The van der Waals surface area contributed by atoms with E-state index >= 15 is 0 Å². The molecule has 1 aromatic heterocycles. The highest BCUT2D eigenvalue weighted by Crippen LogP contribution is 2.37. The van der Waals surface area contributed by atoms with Crippen LogP contribution in [0.2, 0.25) is 0 Å². The number of benzene rings is 1. The Morgan fingerprint density at radius 3 is 2.83 bits per heavy atom. The van der Waals surface area contributed by atoms with Crippen molar-refractivity contribution in [2.45, 2.75) is 12.6 Å². The van der Waals surface area contributed by atoms with Gasteiger partial charge < -0.3 is 5.32 Å². The molecule has 1 aliphatic heterocycles. The van der Waals surface area contributed by atoms with Gasteiger partial charge in [-0.1, -0.05) is 12.1 Å². The van der Waals surface area contributed by atoms with Crippen LogP contribution in [0.15, 0.2) is 24.4 Å². The summed E-state index contributed by atoms with van der Waals surface area (Å²) in [6, 6.07) is 5.69. The molecule has 0 fully saturated rings. The number of nitrogens with zero attached hydrogens (tertiary/aromatic N) is 1. The largest absolute Gasteiger partial charge is 0.443 e. The van der Waals surface area contributed by atoms with Crippen LogP contribution in [0.1, 0.15) is 10.6 Å². The molecule has 0 saturated carbocycles. The van der Waals surface area contributed by atoms with Crippen LogP contribution in [0, 0.1) is 0 Å². The van der Waals surface area contributed by atoms with Crippen LogP contribution in [0.3, 0.4) is 0 Å². The second-order valence-electron chi connectivity index (χ2n) is 4.08. The number of aromatic nitrogens is 1. The van der Waals surface area contributed by atoms with Gasteiger partial charge in [0.2, 0.25) is 0 Å². The predicted molar refractivity (Wildman–Crippen MR) is 64.7 cm³/mol. The number of thiazole rings is 1. The third-order valence-corrected chi connectivity index (χ3v) is 3.94. The molecule has 18 heavy (non-hydrogen) atoms. The molecule has 0 amide bonds. The number of hydrogen-bond acceptors (Lipinski definition) is 3. The molecule has 0 saturated heterocycles. The molecule has 2 aromatic rings. The van der Waals surface area contributed by atoms with E-state index in [1.807, 2.05) is 18.2 Å². The minimum absolute atomic E-state index is 0.541. The molecule has 0 atom stereocenters. The Morgan fingerprint density at radius 2 is 2.11 bits per heavy atom. The molecule has 0 spiro atoms. The molecule has 2 nitrogen and oxygen atoms in total. The number of halogens is 3. The van der Waals surface area contributed by atoms with Gasteiger partial charge in [-0.3, -0.25) is 0 Å². The quantitative estimate of drug-likeness (QED) is 0.852. The van der Waals surface area contributed by atoms with Gasteiger partial charge in [0.15, 0.2) is 5.01 Å². The summed E-state index contributed by atoms with van der Waals surface area (Å²) in [6.07, 6.45) is -2.12. The fourth-order valence-electron chi connectivity index (χ4n) is 1.98. The van der Waals surface area contributed by atoms with Crippen LogP contribution in [0.4, 0.5) is 18.9 Å². The van der Waals surface area contributed by atoms with E-state index in [-0.39, 0.29) is 0 Å². The number of hydrogen-bond donors (Lipinski definition) is 1. The third-order valence-electron chi connectivity index (χ3n) is 2.85. The van der Waals surface area contributed by atoms with Crippen molar-refractivity contribution in [2.75, 3.05) is 11.9 Å². The average Bonchev–Trinajstić information content (AvgIpc) is 2.96. The van der Waals surface area contributed by atoms with Crippen molar-refractivity contribution < 1.29 is 13.2 Å². The highest BCUT2D eigenvalue weighted by molar-refractivity contribution is 7.15. The van der Waals surface area contributed by atoms with Crippen LogP contribution >= 0.6 is 11.3 Å². The summed E-state index contributed by atoms with van der Waals surface area (Å²) >= 11 is 0.674. The van der Waals surface area contributed by atoms with Gasteiger partial charge in [0.05, 0.1) is 4.88 Å². The van der Waals surface area contributed by atoms with E-state index < -0.39 is 11.2 Å². The van der Waals surface area contributed by atoms with Crippen molar-refractivity contribution in [2.24, 2.45) is 0 Å². The number of rotatable bonds is 1. The first-order valence-electron chi connectivity index (χ1n) is 5.44. The van der Waals surface area contributed by atoms with E-state index in [4.69, 9.17) is 0 Å². The summed E-state index contributed by atoms with van der Waals surface area (Å²) < 4.78 is 37.4. The second kappa shape index (κ2) is 3.98. The second-order valence-corrected chi connectivity index (χ2v) is 5.11. The monoisotopic (exact) mass is 270 g/mol. The number of fused-ring (bicyclic) bond motifs is 1. The topological polar surface area (TPSA) is 24.9 Å². The van der Waals surface area contributed by atoms with E-state index in [1.54, 1.807) is 0 Å². The van der Waals surface area contributed by atoms with Crippen molar-refractivity contribution >= 4 is 17.0 Å². The molecule has 0 aliphatic carbocycles. The number of nitrogens with one attached hydrogen (secondary N) is 1. The van der Waals surface area contributed by atoms with Gasteiger partial charge in [0.1, 0.15) is 0 Å². The zero-order valence-corrected chi connectivity index (χ0v) is 10.0. The first-order valence-corrected chi connectivity index (χ1v) is 6.26. The van der Waals surface area contributed by atoms with Crippen LogP contribution < -0.4 is 5.32 Å². The van der Waals surface area contributed by atoms with Crippen LogP contribution in [0.25, 0.3) is 10.4 Å². The molecular formula is C12H9F3N2S. The van der Waals surface area contributed by atoms with E-state index in [1.165, 1.54) is 11.8 Å². The van der Waals surface area contributed by atoms with Gasteiger partial charge in [0.25, 0.3) is 0 Å². The molecule has 2 heterocycles. The standard InChI is InChI=1S/C12H9F3N2S/c13-12(14,15)11-17-6-10(18-11)8-2-1-7-3-4-16-9(7)5-8/h1-2,5-6,16H,3-4H2. The summed E-state index contributed by atoms with van der Waals surface area (Å²) in [5.74, 6) is 0. The number of anilines is 1. The molecule has 1 aromatic carbocycles. The maximum absolute atomic E-state index is 12.5. The first kappa shape index (κ1) is 11.5. The Bertz CT molecular complexity index is 589. The van der Waals surface area contributed by atoms with Crippen LogP contribution in [0.5, 0.6) is 0 Å². The van der Waals surface area contributed by atoms with Gasteiger partial charge in [-0.25, -0.2) is 4.98 Å². The van der Waals surface area contributed by atoms with Crippen LogP contribution in [-0.2, 0) is 12.6 Å². The lowest BCUT2D eigenvalue weighted by Crippen LogP contribution is -2.02. The van der Waals surface area contributed by atoms with Gasteiger partial charge in [-0.2, -0.15) is 13.2 Å². The minimum Gasteiger partial charge on any atom is -0.384 e. The maximum atomic E-state index is 12.5. The van der Waals surface area contributed by atoms with Crippen molar-refractivity contribution in [3.05, 3.63) is 35.0 Å². The van der Waals surface area contributed by atoms with Crippen LogP contribution in [-0.4, -0.2) is 11.5 Å². The maximum Gasteiger partial charge on any atom is 0.443 e. The summed E-state index contributed by atoms with van der Waals surface area (Å²) in [7, 11) is 0. The molecule has 3 rings (SSSR count). The van der Waals surface area contributed by atoms with Gasteiger partial charge in [-0.15, -0.1) is 11.3 Å². The molecule has 0 bridgehead atoms. The predicted octanol–water partition coefficient (Wildman–Crippen LogP) is 3.80. The van der Waals surface area contributed by atoms with E-state index in [0.29, 0.717) is 16.2 Å². The van der Waals surface area contributed by atoms with Crippen molar-refractivity contribution in [3.63, 3.8) is 0 Å². The molecule has 0 radical (unpaired) electrons. The summed E-state index contributed by atoms with van der Waals surface area (Å²) in [4.78, 5) is 3.97. The fraction of sp³-hybridized carbons (Fsp3) is 0.250. The smallest absolute Gasteiger partial charge is 0.384 e. The molecule has 94 valence electrons. The Kier molecular flexibility index (Phi) is 2.55. The highest BCUT2D eigenvalue weighted by atomic mass is 32.1. The first-order chi connectivity index (χ1) is 8.54. The lowest BCUT2D eigenvalue weighted by atomic mass is 10.1. The SMILES string of the molecule is FC(F)(F)c1ncc(-c2ccc3c(c2)NCC3)s1. The van der Waals surface area contributed by atoms with Crippen molar-refractivity contribution in [1.29, 1.82) is 0 Å². The summed E-state index contributed by atoms with van der Waals surface area (Å²) in [5, 5.41) is 2.41. The van der Waals surface area contributed by atoms with Crippen molar-refractivity contribution in [1.82, 2.24) is 4.98 Å². The molecule has 1 aliphatic rings. The molecule has 0 unspecified atom stereocenters. The lowest BCUT2D eigenvalue weighted by Gasteiger charge is -2.03. The van der Waals surface area contributed by atoms with E-state index in [9.17, 15) is 13.2 Å². The zero-order chi connectivity index (χ0) is 12.8. The lowest BCUT2D eigenvalue weighted by molar-refractivity contribution is -0.137. The molecule has 1 N–H and O–H groups in total. The van der Waals surface area contributed by atoms with Crippen molar-refractivity contribution in [3.8, 4) is 10.4 Å². The molecular weight excluding hydrogens is 261 g/mol. The Balaban J connectivity index is 1.98. The normalized spacial score (nSPS) is 14.4. The fourth-order valence-corrected chi connectivity index (χ4v) is 2.76. The van der Waals surface area contributed by atoms with Gasteiger partial charge in [-0.05, 0) is 23.6 Å².